The molecule has 0 heterocycles. The van der Waals surface area contributed by atoms with Crippen LogP contribution in [0.25, 0.3) is 0 Å². The van der Waals surface area contributed by atoms with Crippen LogP contribution in [0.2, 0.25) is 0 Å². The van der Waals surface area contributed by atoms with E-state index in [0.717, 1.165) is 25.7 Å². The summed E-state index contributed by atoms with van der Waals surface area (Å²) in [6.45, 7) is 4.45. The number of unbranched alkanes of at least 4 members (excludes halogenated alkanes) is 10. The minimum Gasteiger partial charge on any atom is -0.481 e. The molecule has 0 aliphatic rings. The quantitative estimate of drug-likeness (QED) is 0.204. The van der Waals surface area contributed by atoms with E-state index in [2.05, 4.69) is 13.8 Å². The molecular weight excluding hydrogens is 328 g/mol. The first kappa shape index (κ1) is 24.9. The van der Waals surface area contributed by atoms with Crippen LogP contribution >= 0.6 is 0 Å². The summed E-state index contributed by atoms with van der Waals surface area (Å²) in [6.07, 6.45) is 17.5. The van der Waals surface area contributed by atoms with E-state index >= 15 is 0 Å². The Kier molecular flexibility index (Phi) is 18.0. The highest BCUT2D eigenvalue weighted by Gasteiger charge is 2.14. The Labute approximate surface area is 161 Å². The zero-order chi connectivity index (χ0) is 19.5. The molecule has 0 aliphatic carbocycles. The normalized spacial score (nSPS) is 11.0. The number of aliphatic carboxylic acids is 1. The highest BCUT2D eigenvalue weighted by Crippen LogP contribution is 2.17. The first-order chi connectivity index (χ1) is 12.6. The van der Waals surface area contributed by atoms with Crippen LogP contribution in [0.4, 0.5) is 0 Å². The Balaban J connectivity index is 4.04. The molecule has 0 spiro atoms. The molecule has 0 saturated carbocycles. The second kappa shape index (κ2) is 18.7. The monoisotopic (exact) mass is 370 g/mol. The summed E-state index contributed by atoms with van der Waals surface area (Å²) >= 11 is 0. The number of carboxylic acids is 1. The fourth-order valence-corrected chi connectivity index (χ4v) is 3.20. The van der Waals surface area contributed by atoms with E-state index in [1.54, 1.807) is 0 Å². The Morgan fingerprint density at radius 1 is 0.692 bits per heavy atom. The van der Waals surface area contributed by atoms with Gasteiger partial charge in [0.15, 0.2) is 0 Å². The Morgan fingerprint density at radius 2 is 1.15 bits per heavy atom. The number of esters is 1. The molecule has 4 nitrogen and oxygen atoms in total. The summed E-state index contributed by atoms with van der Waals surface area (Å²) in [7, 11) is 0. The van der Waals surface area contributed by atoms with Crippen LogP contribution in [0, 0.1) is 0 Å². The molecule has 0 fully saturated rings. The van der Waals surface area contributed by atoms with E-state index in [4.69, 9.17) is 9.84 Å². The SMILES string of the molecule is CCCCCCCCC(CCCCCCCC)OC(=O)CCCC(=O)O. The number of hydrogen-bond donors (Lipinski definition) is 1. The van der Waals surface area contributed by atoms with Gasteiger partial charge in [0, 0.05) is 12.8 Å². The molecule has 0 aliphatic heterocycles. The number of hydrogen-bond acceptors (Lipinski definition) is 3. The van der Waals surface area contributed by atoms with Crippen LogP contribution in [0.15, 0.2) is 0 Å². The molecule has 0 amide bonds. The highest BCUT2D eigenvalue weighted by atomic mass is 16.5. The summed E-state index contributed by atoms with van der Waals surface area (Å²) in [6, 6.07) is 0. The molecule has 0 aromatic heterocycles. The molecule has 0 aromatic rings. The fourth-order valence-electron chi connectivity index (χ4n) is 3.20. The van der Waals surface area contributed by atoms with Gasteiger partial charge in [0.1, 0.15) is 6.10 Å². The van der Waals surface area contributed by atoms with Crippen LogP contribution < -0.4 is 0 Å². The predicted molar refractivity (Wildman–Crippen MR) is 107 cm³/mol. The summed E-state index contributed by atoms with van der Waals surface area (Å²) in [5.41, 5.74) is 0. The largest absolute Gasteiger partial charge is 0.481 e. The zero-order valence-corrected chi connectivity index (χ0v) is 17.3. The first-order valence-electron chi connectivity index (χ1n) is 11.0. The number of carbonyl (C=O) groups is 2. The Bertz CT molecular complexity index is 325. The van der Waals surface area contributed by atoms with E-state index in [-0.39, 0.29) is 24.9 Å². The standard InChI is InChI=1S/C22H42O4/c1-3-5-7-9-11-13-16-20(17-14-12-10-8-6-4-2)26-22(25)19-15-18-21(23)24/h20H,3-19H2,1-2H3,(H,23,24). The van der Waals surface area contributed by atoms with E-state index in [1.807, 2.05) is 0 Å². The van der Waals surface area contributed by atoms with Crippen molar-refractivity contribution >= 4 is 11.9 Å². The molecule has 0 rings (SSSR count). The Morgan fingerprint density at radius 3 is 1.62 bits per heavy atom. The average molecular weight is 371 g/mol. The van der Waals surface area contributed by atoms with E-state index in [0.29, 0.717) is 6.42 Å². The smallest absolute Gasteiger partial charge is 0.306 e. The van der Waals surface area contributed by atoms with E-state index in [9.17, 15) is 9.59 Å². The number of carbonyl (C=O) groups excluding carboxylic acids is 1. The third kappa shape index (κ3) is 17.8. The number of carboxylic acid groups (broad SMARTS) is 1. The van der Waals surface area contributed by atoms with Gasteiger partial charge in [-0.15, -0.1) is 0 Å². The molecule has 0 saturated heterocycles. The van der Waals surface area contributed by atoms with Crippen molar-refractivity contribution < 1.29 is 19.4 Å². The molecule has 1 N–H and O–H groups in total. The van der Waals surface area contributed by atoms with Gasteiger partial charge in [-0.2, -0.15) is 0 Å². The van der Waals surface area contributed by atoms with Gasteiger partial charge in [0.25, 0.3) is 0 Å². The maximum absolute atomic E-state index is 12.0. The van der Waals surface area contributed by atoms with E-state index < -0.39 is 5.97 Å². The van der Waals surface area contributed by atoms with Gasteiger partial charge in [-0.3, -0.25) is 9.59 Å². The zero-order valence-electron chi connectivity index (χ0n) is 17.3. The average Bonchev–Trinajstić information content (AvgIpc) is 2.60. The van der Waals surface area contributed by atoms with Crippen LogP contribution in [0.1, 0.15) is 123 Å². The third-order valence-electron chi connectivity index (χ3n) is 4.83. The van der Waals surface area contributed by atoms with Gasteiger partial charge in [0.05, 0.1) is 0 Å². The summed E-state index contributed by atoms with van der Waals surface area (Å²) in [4.78, 5) is 22.5. The van der Waals surface area contributed by atoms with Crippen LogP contribution in [-0.2, 0) is 14.3 Å². The fraction of sp³-hybridized carbons (Fsp3) is 0.909. The van der Waals surface area contributed by atoms with E-state index in [1.165, 1.54) is 64.2 Å². The van der Waals surface area contributed by atoms with Crippen LogP contribution in [0.5, 0.6) is 0 Å². The topological polar surface area (TPSA) is 63.6 Å². The van der Waals surface area contributed by atoms with Crippen molar-refractivity contribution in [2.75, 3.05) is 0 Å². The van der Waals surface area contributed by atoms with Gasteiger partial charge in [-0.25, -0.2) is 0 Å². The lowest BCUT2D eigenvalue weighted by molar-refractivity contribution is -0.150. The summed E-state index contributed by atoms with van der Waals surface area (Å²) in [5.74, 6) is -1.08. The van der Waals surface area contributed by atoms with Gasteiger partial charge in [-0.05, 0) is 32.1 Å². The van der Waals surface area contributed by atoms with Gasteiger partial charge >= 0.3 is 11.9 Å². The van der Waals surface area contributed by atoms with Gasteiger partial charge in [0.2, 0.25) is 0 Å². The minimum atomic E-state index is -0.853. The molecule has 4 heteroatoms. The van der Waals surface area contributed by atoms with Crippen LogP contribution in [-0.4, -0.2) is 23.1 Å². The second-order valence-corrected chi connectivity index (χ2v) is 7.47. The molecule has 0 unspecified atom stereocenters. The van der Waals surface area contributed by atoms with Crippen molar-refractivity contribution in [3.63, 3.8) is 0 Å². The maximum atomic E-state index is 12.0. The molecule has 0 bridgehead atoms. The summed E-state index contributed by atoms with van der Waals surface area (Å²) in [5, 5.41) is 8.67. The Hall–Kier alpha value is -1.06. The minimum absolute atomic E-state index is 0.0182. The van der Waals surface area contributed by atoms with Crippen molar-refractivity contribution in [2.24, 2.45) is 0 Å². The third-order valence-corrected chi connectivity index (χ3v) is 4.83. The lowest BCUT2D eigenvalue weighted by Gasteiger charge is -2.18. The molecule has 0 radical (unpaired) electrons. The number of ether oxygens (including phenoxy) is 1. The predicted octanol–water partition coefficient (Wildman–Crippen LogP) is 6.65. The maximum Gasteiger partial charge on any atom is 0.306 e. The summed E-state index contributed by atoms with van der Waals surface area (Å²) < 4.78 is 5.66. The second-order valence-electron chi connectivity index (χ2n) is 7.47. The lowest BCUT2D eigenvalue weighted by Crippen LogP contribution is -2.18. The molecule has 0 aromatic carbocycles. The molecule has 154 valence electrons. The highest BCUT2D eigenvalue weighted by molar-refractivity contribution is 5.71. The molecule has 0 atom stereocenters. The first-order valence-corrected chi connectivity index (χ1v) is 11.0. The van der Waals surface area contributed by atoms with Crippen molar-refractivity contribution in [1.29, 1.82) is 0 Å². The van der Waals surface area contributed by atoms with Gasteiger partial charge < -0.3 is 9.84 Å². The van der Waals surface area contributed by atoms with Crippen LogP contribution in [0.3, 0.4) is 0 Å². The van der Waals surface area contributed by atoms with Gasteiger partial charge in [-0.1, -0.05) is 78.1 Å². The van der Waals surface area contributed by atoms with Crippen molar-refractivity contribution in [1.82, 2.24) is 0 Å². The lowest BCUT2D eigenvalue weighted by atomic mass is 10.0. The van der Waals surface area contributed by atoms with Crippen molar-refractivity contribution in [3.8, 4) is 0 Å². The van der Waals surface area contributed by atoms with Crippen molar-refractivity contribution in [2.45, 2.75) is 129 Å². The molecular formula is C22H42O4. The number of rotatable bonds is 19. The van der Waals surface area contributed by atoms with Crippen molar-refractivity contribution in [3.05, 3.63) is 0 Å². The molecule has 26 heavy (non-hydrogen) atoms.